The molecule has 2 atom stereocenters. The molecule has 0 spiro atoms. The molecule has 0 saturated heterocycles. The number of carbonyl (C=O) groups excluding carboxylic acids is 1. The number of carbonyl (C=O) groups is 1. The summed E-state index contributed by atoms with van der Waals surface area (Å²) in [6.45, 7) is 7.60. The van der Waals surface area contributed by atoms with Crippen LogP contribution in [0.3, 0.4) is 0 Å². The van der Waals surface area contributed by atoms with Crippen molar-refractivity contribution in [2.75, 3.05) is 27.7 Å². The number of hydrogen-bond acceptors (Lipinski definition) is 3. The first-order valence-corrected chi connectivity index (χ1v) is 10.2. The van der Waals surface area contributed by atoms with Gasteiger partial charge in [-0.25, -0.2) is 0 Å². The van der Waals surface area contributed by atoms with Crippen LogP contribution in [0.2, 0.25) is 18.6 Å². The molecule has 0 aliphatic heterocycles. The minimum absolute atomic E-state index is 0.0723. The van der Waals surface area contributed by atoms with E-state index in [1.807, 2.05) is 20.2 Å². The second-order valence-corrected chi connectivity index (χ2v) is 11.2. The molecular weight excluding hydrogens is 266 g/mol. The molecule has 0 amide bonds. The molecule has 112 valence electrons. The quantitative estimate of drug-likeness (QED) is 0.595. The van der Waals surface area contributed by atoms with Crippen LogP contribution in [0.25, 0.3) is 0 Å². The molecule has 0 aliphatic carbocycles. The Hall–Kier alpha value is -1.13. The fraction of sp³-hybridized carbons (Fsp3) is 0.562. The molecule has 0 fully saturated rings. The Morgan fingerprint density at radius 3 is 2.25 bits per heavy atom. The topological polar surface area (TPSA) is 29.5 Å². The smallest absolute Gasteiger partial charge is 0.309 e. The third-order valence-corrected chi connectivity index (χ3v) is 8.83. The molecule has 0 saturated carbocycles. The minimum atomic E-state index is -1.72. The van der Waals surface area contributed by atoms with Gasteiger partial charge in [0.1, 0.15) is 0 Å². The number of esters is 1. The normalized spacial score (nSPS) is 14.9. The van der Waals surface area contributed by atoms with Crippen LogP contribution in [-0.4, -0.2) is 46.7 Å². The lowest BCUT2D eigenvalue weighted by Crippen LogP contribution is -2.50. The van der Waals surface area contributed by atoms with Gasteiger partial charge in [-0.3, -0.25) is 4.79 Å². The van der Waals surface area contributed by atoms with Crippen LogP contribution >= 0.6 is 0 Å². The van der Waals surface area contributed by atoms with E-state index in [-0.39, 0.29) is 11.9 Å². The lowest BCUT2D eigenvalue weighted by molar-refractivity contribution is -0.146. The van der Waals surface area contributed by atoms with Gasteiger partial charge in [0.05, 0.1) is 21.1 Å². The average molecular weight is 293 g/mol. The molecule has 20 heavy (non-hydrogen) atoms. The Kier molecular flexibility index (Phi) is 5.96. The van der Waals surface area contributed by atoms with Crippen LogP contribution in [0.15, 0.2) is 30.3 Å². The Labute approximate surface area is 123 Å². The van der Waals surface area contributed by atoms with Gasteiger partial charge in [0.2, 0.25) is 0 Å². The standard InChI is InChI=1S/C16H27NO2Si/c1-13(15(12-17(2)3)16(18)19-4)20(5,6)14-10-8-7-9-11-14/h7-11,13,15H,12H2,1-6H3/t13-,15-/m0/s1. The number of ether oxygens (including phenoxy) is 1. The number of rotatable bonds is 6. The van der Waals surface area contributed by atoms with Gasteiger partial charge < -0.3 is 9.64 Å². The third kappa shape index (κ3) is 3.93. The second-order valence-electron chi connectivity index (χ2n) is 6.27. The zero-order chi connectivity index (χ0) is 15.3. The van der Waals surface area contributed by atoms with Gasteiger partial charge in [-0.15, -0.1) is 0 Å². The molecule has 0 aliphatic rings. The summed E-state index contributed by atoms with van der Waals surface area (Å²) in [6.07, 6.45) is 0. The highest BCUT2D eigenvalue weighted by Gasteiger charge is 2.39. The summed E-state index contributed by atoms with van der Waals surface area (Å²) in [5, 5.41) is 1.39. The van der Waals surface area contributed by atoms with Crippen molar-refractivity contribution < 1.29 is 9.53 Å². The van der Waals surface area contributed by atoms with Gasteiger partial charge in [-0.05, 0) is 19.6 Å². The van der Waals surface area contributed by atoms with Gasteiger partial charge in [-0.1, -0.05) is 55.5 Å². The number of benzene rings is 1. The first-order valence-electron chi connectivity index (χ1n) is 7.08. The van der Waals surface area contributed by atoms with Crippen LogP contribution < -0.4 is 5.19 Å². The molecule has 0 aromatic heterocycles. The van der Waals surface area contributed by atoms with E-state index in [9.17, 15) is 4.79 Å². The van der Waals surface area contributed by atoms with E-state index in [0.29, 0.717) is 5.54 Å². The highest BCUT2D eigenvalue weighted by molar-refractivity contribution is 6.91. The van der Waals surface area contributed by atoms with Gasteiger partial charge in [-0.2, -0.15) is 0 Å². The lowest BCUT2D eigenvalue weighted by atomic mass is 10.1. The fourth-order valence-electron chi connectivity index (χ4n) is 2.62. The zero-order valence-electron chi connectivity index (χ0n) is 13.5. The summed E-state index contributed by atoms with van der Waals surface area (Å²) < 4.78 is 5.02. The summed E-state index contributed by atoms with van der Waals surface area (Å²) in [4.78, 5) is 14.2. The van der Waals surface area contributed by atoms with Crippen LogP contribution in [0.4, 0.5) is 0 Å². The van der Waals surface area contributed by atoms with Gasteiger partial charge in [0.15, 0.2) is 0 Å². The van der Waals surface area contributed by atoms with E-state index >= 15 is 0 Å². The lowest BCUT2D eigenvalue weighted by Gasteiger charge is -2.36. The molecule has 0 heterocycles. The van der Waals surface area contributed by atoms with E-state index in [0.717, 1.165) is 6.54 Å². The van der Waals surface area contributed by atoms with Crippen molar-refractivity contribution >= 4 is 19.2 Å². The summed E-state index contributed by atoms with van der Waals surface area (Å²) >= 11 is 0. The summed E-state index contributed by atoms with van der Waals surface area (Å²) in [5.74, 6) is -0.167. The van der Waals surface area contributed by atoms with E-state index < -0.39 is 8.07 Å². The first kappa shape index (κ1) is 16.9. The molecule has 0 bridgehead atoms. The molecule has 1 aromatic carbocycles. The fourth-order valence-corrected chi connectivity index (χ4v) is 5.44. The van der Waals surface area contributed by atoms with Crippen molar-refractivity contribution in [3.05, 3.63) is 30.3 Å². The third-order valence-electron chi connectivity index (χ3n) is 4.33. The predicted molar refractivity (Wildman–Crippen MR) is 87.0 cm³/mol. The molecule has 4 heteroatoms. The molecule has 0 radical (unpaired) electrons. The monoisotopic (exact) mass is 293 g/mol. The van der Waals surface area contributed by atoms with E-state index in [1.165, 1.54) is 12.3 Å². The molecule has 1 rings (SSSR count). The number of hydrogen-bond donors (Lipinski definition) is 0. The highest BCUT2D eigenvalue weighted by atomic mass is 28.3. The van der Waals surface area contributed by atoms with Gasteiger partial charge in [0, 0.05) is 6.54 Å². The predicted octanol–water partition coefficient (Wildman–Crippen LogP) is 2.34. The van der Waals surface area contributed by atoms with Crippen LogP contribution in [-0.2, 0) is 9.53 Å². The van der Waals surface area contributed by atoms with Crippen LogP contribution in [0.1, 0.15) is 6.92 Å². The Bertz CT molecular complexity index is 431. The molecule has 0 unspecified atom stereocenters. The van der Waals surface area contributed by atoms with E-state index in [1.54, 1.807) is 0 Å². The largest absolute Gasteiger partial charge is 0.469 e. The van der Waals surface area contributed by atoms with Crippen molar-refractivity contribution in [3.8, 4) is 0 Å². The molecule has 3 nitrogen and oxygen atoms in total. The SMILES string of the molecule is COC(=O)[C@@H](CN(C)C)[C@H](C)[Si](C)(C)c1ccccc1. The van der Waals surface area contributed by atoms with E-state index in [2.05, 4.69) is 49.2 Å². The van der Waals surface area contributed by atoms with Crippen LogP contribution in [0, 0.1) is 5.92 Å². The summed E-state index contributed by atoms with van der Waals surface area (Å²) in [5.41, 5.74) is 0.319. The minimum Gasteiger partial charge on any atom is -0.469 e. The van der Waals surface area contributed by atoms with Crippen molar-refractivity contribution in [2.24, 2.45) is 5.92 Å². The second kappa shape index (κ2) is 7.04. The van der Waals surface area contributed by atoms with Crippen LogP contribution in [0.5, 0.6) is 0 Å². The Morgan fingerprint density at radius 1 is 1.25 bits per heavy atom. The van der Waals surface area contributed by atoms with Gasteiger partial charge >= 0.3 is 5.97 Å². The van der Waals surface area contributed by atoms with Gasteiger partial charge in [0.25, 0.3) is 0 Å². The summed E-state index contributed by atoms with van der Waals surface area (Å²) in [7, 11) is 3.76. The maximum atomic E-state index is 12.1. The average Bonchev–Trinajstić information content (AvgIpc) is 2.43. The van der Waals surface area contributed by atoms with Crippen molar-refractivity contribution in [3.63, 3.8) is 0 Å². The van der Waals surface area contributed by atoms with Crippen molar-refractivity contribution in [1.29, 1.82) is 0 Å². The Balaban J connectivity index is 3.04. The maximum Gasteiger partial charge on any atom is 0.309 e. The molecule has 1 aromatic rings. The number of nitrogens with zero attached hydrogens (tertiary/aromatic N) is 1. The Morgan fingerprint density at radius 2 is 1.80 bits per heavy atom. The highest BCUT2D eigenvalue weighted by Crippen LogP contribution is 2.30. The first-order chi connectivity index (χ1) is 9.30. The molecule has 0 N–H and O–H groups in total. The molecular formula is C16H27NO2Si. The van der Waals surface area contributed by atoms with Crippen molar-refractivity contribution in [2.45, 2.75) is 25.6 Å². The number of methoxy groups -OCH3 is 1. The zero-order valence-corrected chi connectivity index (χ0v) is 14.5. The van der Waals surface area contributed by atoms with Crippen molar-refractivity contribution in [1.82, 2.24) is 4.90 Å². The van der Waals surface area contributed by atoms with E-state index in [4.69, 9.17) is 4.74 Å². The summed E-state index contributed by atoms with van der Waals surface area (Å²) in [6, 6.07) is 10.6. The maximum absolute atomic E-state index is 12.1.